The molecule has 5 atom stereocenters. The van der Waals surface area contributed by atoms with E-state index in [1.165, 1.54) is 6.08 Å². The van der Waals surface area contributed by atoms with Crippen molar-refractivity contribution >= 4 is 35.4 Å². The van der Waals surface area contributed by atoms with E-state index in [9.17, 15) is 28.8 Å². The van der Waals surface area contributed by atoms with Crippen molar-refractivity contribution in [1.29, 1.82) is 0 Å². The van der Waals surface area contributed by atoms with Crippen molar-refractivity contribution in [3.8, 4) is 0 Å². The van der Waals surface area contributed by atoms with Crippen molar-refractivity contribution < 1.29 is 28.8 Å². The molecule has 1 aliphatic carbocycles. The number of rotatable bonds is 19. The first kappa shape index (κ1) is 45.0. The van der Waals surface area contributed by atoms with Crippen LogP contribution in [0.25, 0.3) is 0 Å². The predicted octanol–water partition coefficient (Wildman–Crippen LogP) is 5.64. The molecule has 0 radical (unpaired) electrons. The molecule has 4 N–H and O–H groups in total. The summed E-state index contributed by atoms with van der Waals surface area (Å²) in [6.07, 6.45) is 13.4. The first-order chi connectivity index (χ1) is 25.5. The van der Waals surface area contributed by atoms with Gasteiger partial charge in [-0.15, -0.1) is 6.58 Å². The number of ketones is 1. The maximum Gasteiger partial charge on any atom is 0.315 e. The lowest BCUT2D eigenvalue weighted by atomic mass is 9.70. The quantitative estimate of drug-likeness (QED) is 0.0760. The lowest BCUT2D eigenvalue weighted by Gasteiger charge is -2.43. The van der Waals surface area contributed by atoms with Crippen molar-refractivity contribution in [2.45, 2.75) is 169 Å². The molecule has 0 aromatic heterocycles. The van der Waals surface area contributed by atoms with Gasteiger partial charge in [0.15, 0.2) is 0 Å². The van der Waals surface area contributed by atoms with E-state index in [0.29, 0.717) is 51.7 Å². The number of likely N-dealkylation sites (tertiary alicyclic amines) is 2. The maximum absolute atomic E-state index is 15.0. The van der Waals surface area contributed by atoms with Crippen LogP contribution in [0.1, 0.15) is 145 Å². The topological polar surface area (TPSA) is 157 Å². The van der Waals surface area contributed by atoms with E-state index in [-0.39, 0.29) is 41.7 Å². The van der Waals surface area contributed by atoms with E-state index in [0.717, 1.165) is 64.2 Å². The summed E-state index contributed by atoms with van der Waals surface area (Å²) in [5.74, 6) is -2.01. The first-order valence-corrected chi connectivity index (χ1v) is 20.9. The van der Waals surface area contributed by atoms with E-state index < -0.39 is 47.2 Å². The van der Waals surface area contributed by atoms with Gasteiger partial charge in [0.2, 0.25) is 23.5 Å². The van der Waals surface area contributed by atoms with Gasteiger partial charge in [0.1, 0.15) is 12.1 Å². The summed E-state index contributed by atoms with van der Waals surface area (Å²) in [7, 11) is 0. The van der Waals surface area contributed by atoms with E-state index in [4.69, 9.17) is 0 Å². The highest BCUT2D eigenvalue weighted by atomic mass is 16.2. The molecule has 12 nitrogen and oxygen atoms in total. The van der Waals surface area contributed by atoms with Crippen LogP contribution in [0.5, 0.6) is 0 Å². The van der Waals surface area contributed by atoms with Crippen molar-refractivity contribution in [1.82, 2.24) is 31.1 Å². The molecule has 0 aromatic carbocycles. The number of carbonyl (C=O) groups is 6. The number of Topliss-reactive ketones (excluding diaryl/α,β-unsaturated/α-hetero) is 1. The zero-order chi connectivity index (χ0) is 40.1. The zero-order valence-corrected chi connectivity index (χ0v) is 34.5. The molecular formula is C42H72N6O6. The number of hydrogen-bond donors (Lipinski definition) is 4. The van der Waals surface area contributed by atoms with Gasteiger partial charge < -0.3 is 31.1 Å². The number of urea groups is 1. The van der Waals surface area contributed by atoms with Crippen LogP contribution in [0.15, 0.2) is 12.7 Å². The number of nitrogens with zero attached hydrogens (tertiary/aromatic N) is 2. The van der Waals surface area contributed by atoms with E-state index in [1.807, 2.05) is 25.7 Å². The second-order valence-electron chi connectivity index (χ2n) is 17.9. The Morgan fingerprint density at radius 1 is 0.944 bits per heavy atom. The van der Waals surface area contributed by atoms with Gasteiger partial charge in [0.05, 0.1) is 12.1 Å². The predicted molar refractivity (Wildman–Crippen MR) is 212 cm³/mol. The summed E-state index contributed by atoms with van der Waals surface area (Å²) in [4.78, 5) is 85.8. The highest BCUT2D eigenvalue weighted by molar-refractivity contribution is 6.38. The molecule has 12 heteroatoms. The molecule has 2 aliphatic heterocycles. The Hall–Kier alpha value is -3.44. The Bertz CT molecular complexity index is 1300. The SMILES string of the molecule is C=CCNC(=O)C(=O)C(CCCCCC)NC(=O)[C@@H]1[C@@H](CC(C)C)CCN1C(=O)[C@@H](NC(=O)N[C@H](CN1CCCCC1=O)C(C)(C)C)C1(C)CCCCC1. The van der Waals surface area contributed by atoms with Gasteiger partial charge in [-0.1, -0.05) is 99.5 Å². The Morgan fingerprint density at radius 2 is 1.65 bits per heavy atom. The van der Waals surface area contributed by atoms with Gasteiger partial charge in [0, 0.05) is 32.6 Å². The van der Waals surface area contributed by atoms with Crippen LogP contribution in [0.4, 0.5) is 4.79 Å². The summed E-state index contributed by atoms with van der Waals surface area (Å²) in [6, 6.07) is -3.58. The van der Waals surface area contributed by atoms with E-state index in [1.54, 1.807) is 4.90 Å². The van der Waals surface area contributed by atoms with Crippen LogP contribution in [0.2, 0.25) is 0 Å². The van der Waals surface area contributed by atoms with Crippen LogP contribution in [-0.2, 0) is 24.0 Å². The van der Waals surface area contributed by atoms with Gasteiger partial charge in [-0.05, 0) is 67.6 Å². The van der Waals surface area contributed by atoms with E-state index in [2.05, 4.69) is 55.5 Å². The van der Waals surface area contributed by atoms with Gasteiger partial charge >= 0.3 is 6.03 Å². The van der Waals surface area contributed by atoms with Crippen LogP contribution in [0, 0.1) is 22.7 Å². The third-order valence-corrected chi connectivity index (χ3v) is 11.8. The second kappa shape index (κ2) is 21.0. The average molecular weight is 757 g/mol. The van der Waals surface area contributed by atoms with Gasteiger partial charge in [-0.2, -0.15) is 0 Å². The molecule has 6 amide bonds. The first-order valence-electron chi connectivity index (χ1n) is 20.9. The molecule has 2 heterocycles. The second-order valence-corrected chi connectivity index (χ2v) is 17.9. The molecule has 0 aromatic rings. The molecule has 3 rings (SSSR count). The number of nitrogens with one attached hydrogen (secondary N) is 4. The average Bonchev–Trinajstić information content (AvgIpc) is 3.53. The fourth-order valence-corrected chi connectivity index (χ4v) is 8.51. The summed E-state index contributed by atoms with van der Waals surface area (Å²) in [5.41, 5.74) is -0.899. The van der Waals surface area contributed by atoms with Crippen molar-refractivity contribution in [2.24, 2.45) is 22.7 Å². The van der Waals surface area contributed by atoms with E-state index >= 15 is 0 Å². The Balaban J connectivity index is 1.92. The Kier molecular flexibility index (Phi) is 17.5. The summed E-state index contributed by atoms with van der Waals surface area (Å²) in [6.45, 7) is 19.6. The number of hydrogen-bond acceptors (Lipinski definition) is 6. The number of unbranched alkanes of at least 4 members (excludes halogenated alkanes) is 3. The van der Waals surface area contributed by atoms with Crippen LogP contribution >= 0.6 is 0 Å². The molecule has 306 valence electrons. The molecule has 2 saturated heterocycles. The van der Waals surface area contributed by atoms with Crippen LogP contribution in [0.3, 0.4) is 0 Å². The zero-order valence-electron chi connectivity index (χ0n) is 34.5. The van der Waals surface area contributed by atoms with Crippen molar-refractivity contribution in [2.75, 3.05) is 26.2 Å². The largest absolute Gasteiger partial charge is 0.346 e. The summed E-state index contributed by atoms with van der Waals surface area (Å²) < 4.78 is 0. The molecular weight excluding hydrogens is 684 g/mol. The van der Waals surface area contributed by atoms with Crippen LogP contribution < -0.4 is 21.3 Å². The minimum Gasteiger partial charge on any atom is -0.346 e. The fourth-order valence-electron chi connectivity index (χ4n) is 8.51. The smallest absolute Gasteiger partial charge is 0.315 e. The molecule has 1 saturated carbocycles. The number of carbonyl (C=O) groups excluding carboxylic acids is 6. The summed E-state index contributed by atoms with van der Waals surface area (Å²) in [5, 5.41) is 11.7. The highest BCUT2D eigenvalue weighted by Crippen LogP contribution is 2.41. The third kappa shape index (κ3) is 12.8. The number of piperidine rings is 1. The monoisotopic (exact) mass is 757 g/mol. The summed E-state index contributed by atoms with van der Waals surface area (Å²) >= 11 is 0. The molecule has 3 aliphatic rings. The fraction of sp³-hybridized carbons (Fsp3) is 0.810. The minimum atomic E-state index is -1.02. The Labute approximate surface area is 325 Å². The maximum atomic E-state index is 15.0. The van der Waals surface area contributed by atoms with Crippen molar-refractivity contribution in [3.05, 3.63) is 12.7 Å². The third-order valence-electron chi connectivity index (χ3n) is 11.8. The van der Waals surface area contributed by atoms with Gasteiger partial charge in [0.25, 0.3) is 5.91 Å². The lowest BCUT2D eigenvalue weighted by Crippen LogP contribution is -2.63. The normalized spacial score (nSPS) is 21.9. The molecule has 0 bridgehead atoms. The van der Waals surface area contributed by atoms with Gasteiger partial charge in [-0.25, -0.2) is 4.79 Å². The lowest BCUT2D eigenvalue weighted by molar-refractivity contribution is -0.145. The Morgan fingerprint density at radius 3 is 2.26 bits per heavy atom. The van der Waals surface area contributed by atoms with Crippen LogP contribution in [-0.4, -0.2) is 95.6 Å². The van der Waals surface area contributed by atoms with Crippen molar-refractivity contribution in [3.63, 3.8) is 0 Å². The molecule has 1 unspecified atom stereocenters. The molecule has 3 fully saturated rings. The molecule has 54 heavy (non-hydrogen) atoms. The standard InChI is InChI=1S/C42H72N6O6/c1-9-11-12-14-19-31(35(50)38(52)43-24-10-2)44-37(51)34-30(27-29(3)4)21-26-48(34)39(53)36(42(8)22-16-13-17-23-42)46-40(54)45-32(41(5,6)7)28-47-25-18-15-20-33(47)49/h10,29-32,34,36H,2,9,11-28H2,1,3-8H3,(H,43,52)(H,44,51)(H2,45,46,54)/t30-,31?,32-,34+,36-/m1/s1. The highest BCUT2D eigenvalue weighted by Gasteiger charge is 2.49. The molecule has 0 spiro atoms. The number of amides is 6. The van der Waals surface area contributed by atoms with Gasteiger partial charge in [-0.3, -0.25) is 24.0 Å². The minimum absolute atomic E-state index is 0.0945.